The fraction of sp³-hybridized carbons (Fsp3) is 0.412. The molecule has 21 heavy (non-hydrogen) atoms. The summed E-state index contributed by atoms with van der Waals surface area (Å²) in [5.41, 5.74) is 1.11. The standard InChI is InChI=1S/C17H22ClN3/c1-5-13(12-9-7-6-8-10-12)19-15-11-14(18)20-16(21-15)17(2,3)4/h6-11,13H,5H2,1-4H3,(H,19,20,21). The molecule has 1 unspecified atom stereocenters. The molecule has 0 radical (unpaired) electrons. The Morgan fingerprint density at radius 2 is 1.81 bits per heavy atom. The molecule has 1 atom stereocenters. The molecule has 112 valence electrons. The Bertz CT molecular complexity index is 591. The first-order valence-electron chi connectivity index (χ1n) is 7.26. The van der Waals surface area contributed by atoms with Crippen LogP contribution in [0.1, 0.15) is 51.5 Å². The second-order valence-corrected chi connectivity index (χ2v) is 6.55. The predicted molar refractivity (Wildman–Crippen MR) is 88.8 cm³/mol. The highest BCUT2D eigenvalue weighted by atomic mass is 35.5. The molecular formula is C17H22ClN3. The molecule has 0 aliphatic carbocycles. The fourth-order valence-electron chi connectivity index (χ4n) is 2.11. The molecule has 1 heterocycles. The van der Waals surface area contributed by atoms with E-state index in [-0.39, 0.29) is 11.5 Å². The zero-order valence-electron chi connectivity index (χ0n) is 13.0. The monoisotopic (exact) mass is 303 g/mol. The van der Waals surface area contributed by atoms with E-state index < -0.39 is 0 Å². The van der Waals surface area contributed by atoms with Gasteiger partial charge in [-0.1, -0.05) is 69.6 Å². The van der Waals surface area contributed by atoms with Crippen LogP contribution in [0.2, 0.25) is 5.15 Å². The van der Waals surface area contributed by atoms with Gasteiger partial charge in [-0.3, -0.25) is 0 Å². The molecule has 1 N–H and O–H groups in total. The van der Waals surface area contributed by atoms with Gasteiger partial charge in [-0.15, -0.1) is 0 Å². The first-order valence-corrected chi connectivity index (χ1v) is 7.64. The van der Waals surface area contributed by atoms with E-state index in [0.717, 1.165) is 18.1 Å². The van der Waals surface area contributed by atoms with Gasteiger partial charge < -0.3 is 5.32 Å². The van der Waals surface area contributed by atoms with E-state index in [2.05, 4.69) is 55.1 Å². The third-order valence-electron chi connectivity index (χ3n) is 3.30. The van der Waals surface area contributed by atoms with Crippen LogP contribution in [0.5, 0.6) is 0 Å². The van der Waals surface area contributed by atoms with Gasteiger partial charge in [-0.2, -0.15) is 0 Å². The SMILES string of the molecule is CCC(Nc1cc(Cl)nc(C(C)(C)C)n1)c1ccccc1. The van der Waals surface area contributed by atoms with Crippen molar-refractivity contribution >= 4 is 17.4 Å². The number of nitrogens with one attached hydrogen (secondary N) is 1. The summed E-state index contributed by atoms with van der Waals surface area (Å²) in [6.07, 6.45) is 0.969. The second-order valence-electron chi connectivity index (χ2n) is 6.17. The van der Waals surface area contributed by atoms with Crippen molar-refractivity contribution in [2.75, 3.05) is 5.32 Å². The van der Waals surface area contributed by atoms with E-state index in [4.69, 9.17) is 11.6 Å². The van der Waals surface area contributed by atoms with Gasteiger partial charge >= 0.3 is 0 Å². The molecule has 0 aliphatic rings. The lowest BCUT2D eigenvalue weighted by Crippen LogP contribution is -2.18. The van der Waals surface area contributed by atoms with Gasteiger partial charge in [0.15, 0.2) is 0 Å². The van der Waals surface area contributed by atoms with E-state index >= 15 is 0 Å². The van der Waals surface area contributed by atoms with E-state index in [1.807, 2.05) is 18.2 Å². The van der Waals surface area contributed by atoms with Crippen molar-refractivity contribution in [2.24, 2.45) is 0 Å². The number of aromatic nitrogens is 2. The predicted octanol–water partition coefficient (Wildman–Crippen LogP) is 4.99. The first kappa shape index (κ1) is 15.8. The number of benzene rings is 1. The van der Waals surface area contributed by atoms with Crippen molar-refractivity contribution in [2.45, 2.75) is 45.6 Å². The summed E-state index contributed by atoms with van der Waals surface area (Å²) < 4.78 is 0. The fourth-order valence-corrected chi connectivity index (χ4v) is 2.30. The van der Waals surface area contributed by atoms with Crippen LogP contribution < -0.4 is 5.32 Å². The summed E-state index contributed by atoms with van der Waals surface area (Å²) in [5.74, 6) is 1.52. The molecule has 2 rings (SSSR count). The van der Waals surface area contributed by atoms with Crippen molar-refractivity contribution in [3.63, 3.8) is 0 Å². The Balaban J connectivity index is 2.28. The summed E-state index contributed by atoms with van der Waals surface area (Å²) in [6, 6.07) is 12.4. The van der Waals surface area contributed by atoms with Crippen LogP contribution in [-0.2, 0) is 5.41 Å². The Kier molecular flexibility index (Phi) is 4.84. The highest BCUT2D eigenvalue weighted by Crippen LogP contribution is 2.26. The van der Waals surface area contributed by atoms with Crippen LogP contribution in [0, 0.1) is 0 Å². The van der Waals surface area contributed by atoms with E-state index in [0.29, 0.717) is 5.15 Å². The van der Waals surface area contributed by atoms with Crippen LogP contribution in [0.15, 0.2) is 36.4 Å². The summed E-state index contributed by atoms with van der Waals surface area (Å²) in [4.78, 5) is 8.94. The average Bonchev–Trinajstić information content (AvgIpc) is 2.44. The van der Waals surface area contributed by atoms with Crippen LogP contribution in [0.4, 0.5) is 5.82 Å². The Morgan fingerprint density at radius 1 is 1.14 bits per heavy atom. The molecule has 0 saturated heterocycles. The summed E-state index contributed by atoms with van der Waals surface area (Å²) in [7, 11) is 0. The number of hydrogen-bond acceptors (Lipinski definition) is 3. The minimum Gasteiger partial charge on any atom is -0.363 e. The maximum absolute atomic E-state index is 6.14. The zero-order chi connectivity index (χ0) is 15.5. The maximum Gasteiger partial charge on any atom is 0.137 e. The summed E-state index contributed by atoms with van der Waals surface area (Å²) in [5, 5.41) is 3.94. The minimum atomic E-state index is -0.129. The molecule has 0 fully saturated rings. The van der Waals surface area contributed by atoms with Crippen molar-refractivity contribution in [3.8, 4) is 0 Å². The van der Waals surface area contributed by atoms with Crippen LogP contribution >= 0.6 is 11.6 Å². The Labute approximate surface area is 131 Å². The Hall–Kier alpha value is -1.61. The summed E-state index contributed by atoms with van der Waals surface area (Å²) in [6.45, 7) is 8.39. The Morgan fingerprint density at radius 3 is 2.38 bits per heavy atom. The molecule has 1 aromatic carbocycles. The van der Waals surface area contributed by atoms with Crippen molar-refractivity contribution in [3.05, 3.63) is 52.9 Å². The number of hydrogen-bond donors (Lipinski definition) is 1. The molecule has 2 aromatic rings. The molecular weight excluding hydrogens is 282 g/mol. The molecule has 0 amide bonds. The average molecular weight is 304 g/mol. The molecule has 0 saturated carbocycles. The largest absolute Gasteiger partial charge is 0.363 e. The van der Waals surface area contributed by atoms with Crippen LogP contribution in [-0.4, -0.2) is 9.97 Å². The van der Waals surface area contributed by atoms with Gasteiger partial charge in [0, 0.05) is 11.5 Å². The van der Waals surface area contributed by atoms with Gasteiger partial charge in [0.05, 0.1) is 6.04 Å². The normalized spacial score (nSPS) is 13.0. The number of nitrogens with zero attached hydrogens (tertiary/aromatic N) is 2. The van der Waals surface area contributed by atoms with Crippen molar-refractivity contribution in [1.29, 1.82) is 0 Å². The lowest BCUT2D eigenvalue weighted by molar-refractivity contribution is 0.545. The lowest BCUT2D eigenvalue weighted by atomic mass is 9.96. The lowest BCUT2D eigenvalue weighted by Gasteiger charge is -2.21. The van der Waals surface area contributed by atoms with E-state index in [1.54, 1.807) is 6.07 Å². The van der Waals surface area contributed by atoms with Crippen LogP contribution in [0.3, 0.4) is 0 Å². The molecule has 0 spiro atoms. The minimum absolute atomic E-state index is 0.129. The van der Waals surface area contributed by atoms with Crippen molar-refractivity contribution < 1.29 is 0 Å². The number of rotatable bonds is 4. The molecule has 1 aromatic heterocycles. The smallest absolute Gasteiger partial charge is 0.137 e. The molecule has 4 heteroatoms. The highest BCUT2D eigenvalue weighted by Gasteiger charge is 2.19. The third kappa shape index (κ3) is 4.18. The maximum atomic E-state index is 6.14. The van der Waals surface area contributed by atoms with Gasteiger partial charge in [-0.05, 0) is 12.0 Å². The quantitative estimate of drug-likeness (QED) is 0.808. The van der Waals surface area contributed by atoms with Crippen LogP contribution in [0.25, 0.3) is 0 Å². The first-order chi connectivity index (χ1) is 9.90. The topological polar surface area (TPSA) is 37.8 Å². The van der Waals surface area contributed by atoms with Gasteiger partial charge in [0.1, 0.15) is 16.8 Å². The second kappa shape index (κ2) is 6.44. The van der Waals surface area contributed by atoms with E-state index in [1.165, 1.54) is 5.56 Å². The summed E-state index contributed by atoms with van der Waals surface area (Å²) >= 11 is 6.14. The van der Waals surface area contributed by atoms with Gasteiger partial charge in [-0.25, -0.2) is 9.97 Å². The molecule has 0 bridgehead atoms. The highest BCUT2D eigenvalue weighted by molar-refractivity contribution is 6.29. The third-order valence-corrected chi connectivity index (χ3v) is 3.49. The molecule has 3 nitrogen and oxygen atoms in total. The van der Waals surface area contributed by atoms with Gasteiger partial charge in [0.25, 0.3) is 0 Å². The van der Waals surface area contributed by atoms with E-state index in [9.17, 15) is 0 Å². The number of anilines is 1. The molecule has 0 aliphatic heterocycles. The number of halogens is 1. The zero-order valence-corrected chi connectivity index (χ0v) is 13.8. The van der Waals surface area contributed by atoms with Crippen molar-refractivity contribution in [1.82, 2.24) is 9.97 Å². The van der Waals surface area contributed by atoms with Gasteiger partial charge in [0.2, 0.25) is 0 Å².